The molecule has 0 saturated heterocycles. The van der Waals surface area contributed by atoms with Crippen LogP contribution < -0.4 is 5.32 Å². The van der Waals surface area contributed by atoms with Gasteiger partial charge in [-0.15, -0.1) is 0 Å². The lowest BCUT2D eigenvalue weighted by Crippen LogP contribution is -2.34. The van der Waals surface area contributed by atoms with Crippen LogP contribution in [0.4, 0.5) is 0 Å². The first kappa shape index (κ1) is 12.0. The first-order chi connectivity index (χ1) is 6.49. The lowest BCUT2D eigenvalue weighted by atomic mass is 9.95. The smallest absolute Gasteiger partial charge is 0.00989 e. The van der Waals surface area contributed by atoms with Crippen LogP contribution in [-0.2, 0) is 0 Å². The van der Waals surface area contributed by atoms with Gasteiger partial charge in [-0.05, 0) is 37.0 Å². The molecule has 1 aliphatic rings. The van der Waals surface area contributed by atoms with Crippen LogP contribution in [0, 0.1) is 17.8 Å². The van der Waals surface area contributed by atoms with Gasteiger partial charge in [0.1, 0.15) is 0 Å². The molecule has 1 nitrogen and oxygen atoms in total. The Kier molecular flexibility index (Phi) is 4.43. The molecule has 0 aliphatic heterocycles. The van der Waals surface area contributed by atoms with Gasteiger partial charge in [0.25, 0.3) is 0 Å². The number of hydrogen-bond acceptors (Lipinski definition) is 1. The predicted octanol–water partition coefficient (Wildman–Crippen LogP) is 3.45. The molecule has 0 spiro atoms. The van der Waals surface area contributed by atoms with E-state index in [0.29, 0.717) is 0 Å². The van der Waals surface area contributed by atoms with Crippen molar-refractivity contribution in [3.8, 4) is 0 Å². The van der Waals surface area contributed by atoms with E-state index in [1.54, 1.807) is 0 Å². The Morgan fingerprint density at radius 3 is 1.79 bits per heavy atom. The maximum absolute atomic E-state index is 3.80. The number of nitrogens with one attached hydrogen (secondary N) is 1. The summed E-state index contributed by atoms with van der Waals surface area (Å²) in [6.45, 7) is 11.6. The molecule has 1 rings (SSSR count). The molecule has 0 bridgehead atoms. The van der Waals surface area contributed by atoms with Gasteiger partial charge in [0.2, 0.25) is 0 Å². The van der Waals surface area contributed by atoms with E-state index >= 15 is 0 Å². The topological polar surface area (TPSA) is 12.0 Å². The third-order valence-corrected chi connectivity index (χ3v) is 3.07. The SMILES string of the molecule is CC(C)CC(CC(C)C)NC1CC1C. The van der Waals surface area contributed by atoms with E-state index in [1.807, 2.05) is 0 Å². The summed E-state index contributed by atoms with van der Waals surface area (Å²) in [5.41, 5.74) is 0. The fourth-order valence-electron chi connectivity index (χ4n) is 2.23. The molecular formula is C13H27N. The van der Waals surface area contributed by atoms with E-state index in [1.165, 1.54) is 19.3 Å². The summed E-state index contributed by atoms with van der Waals surface area (Å²) in [6, 6.07) is 1.59. The minimum atomic E-state index is 0.755. The highest BCUT2D eigenvalue weighted by molar-refractivity contribution is 4.92. The normalized spacial score (nSPS) is 26.6. The molecule has 0 amide bonds. The van der Waals surface area contributed by atoms with E-state index in [0.717, 1.165) is 29.8 Å². The summed E-state index contributed by atoms with van der Waals surface area (Å²) in [6.07, 6.45) is 4.06. The van der Waals surface area contributed by atoms with Gasteiger partial charge in [-0.3, -0.25) is 0 Å². The largest absolute Gasteiger partial charge is 0.311 e. The molecule has 1 fully saturated rings. The van der Waals surface area contributed by atoms with Crippen LogP contribution in [0.5, 0.6) is 0 Å². The van der Waals surface area contributed by atoms with E-state index < -0.39 is 0 Å². The molecule has 1 N–H and O–H groups in total. The number of rotatable bonds is 6. The van der Waals surface area contributed by atoms with Crippen molar-refractivity contribution in [3.05, 3.63) is 0 Å². The van der Waals surface area contributed by atoms with Crippen LogP contribution in [-0.4, -0.2) is 12.1 Å². The summed E-state index contributed by atoms with van der Waals surface area (Å²) in [7, 11) is 0. The van der Waals surface area contributed by atoms with Gasteiger partial charge < -0.3 is 5.32 Å². The molecular weight excluding hydrogens is 170 g/mol. The fraction of sp³-hybridized carbons (Fsp3) is 1.00. The van der Waals surface area contributed by atoms with Gasteiger partial charge in [0.15, 0.2) is 0 Å². The molecule has 84 valence electrons. The Morgan fingerprint density at radius 1 is 1.07 bits per heavy atom. The minimum absolute atomic E-state index is 0.755. The predicted molar refractivity (Wildman–Crippen MR) is 63.4 cm³/mol. The van der Waals surface area contributed by atoms with Crippen LogP contribution in [0.15, 0.2) is 0 Å². The van der Waals surface area contributed by atoms with Crippen molar-refractivity contribution >= 4 is 0 Å². The third-order valence-electron chi connectivity index (χ3n) is 3.07. The second-order valence-corrected chi connectivity index (χ2v) is 5.94. The molecule has 0 aromatic heterocycles. The van der Waals surface area contributed by atoms with Crippen molar-refractivity contribution in [1.82, 2.24) is 5.32 Å². The Bertz CT molecular complexity index is 153. The zero-order valence-corrected chi connectivity index (χ0v) is 10.5. The Labute approximate surface area is 89.7 Å². The summed E-state index contributed by atoms with van der Waals surface area (Å²) in [5.74, 6) is 2.57. The summed E-state index contributed by atoms with van der Waals surface area (Å²) in [5, 5.41) is 3.80. The van der Waals surface area contributed by atoms with E-state index in [4.69, 9.17) is 0 Å². The molecule has 0 heterocycles. The molecule has 0 aromatic carbocycles. The highest BCUT2D eigenvalue weighted by Gasteiger charge is 2.34. The van der Waals surface area contributed by atoms with Crippen molar-refractivity contribution in [2.45, 2.75) is 66.0 Å². The highest BCUT2D eigenvalue weighted by atomic mass is 15.0. The standard InChI is InChI=1S/C13H27N/c1-9(2)6-12(7-10(3)4)14-13-8-11(13)5/h9-14H,6-8H2,1-5H3. The number of hydrogen-bond donors (Lipinski definition) is 1. The van der Waals surface area contributed by atoms with Crippen molar-refractivity contribution in [3.63, 3.8) is 0 Å². The zero-order valence-electron chi connectivity index (χ0n) is 10.5. The van der Waals surface area contributed by atoms with E-state index in [9.17, 15) is 0 Å². The molecule has 2 unspecified atom stereocenters. The van der Waals surface area contributed by atoms with Crippen LogP contribution in [0.2, 0.25) is 0 Å². The fourth-order valence-corrected chi connectivity index (χ4v) is 2.23. The minimum Gasteiger partial charge on any atom is -0.311 e. The van der Waals surface area contributed by atoms with Crippen LogP contribution in [0.25, 0.3) is 0 Å². The monoisotopic (exact) mass is 197 g/mol. The summed E-state index contributed by atoms with van der Waals surface area (Å²) < 4.78 is 0. The van der Waals surface area contributed by atoms with Crippen LogP contribution in [0.1, 0.15) is 53.9 Å². The molecule has 0 radical (unpaired) electrons. The Balaban J connectivity index is 2.28. The molecule has 1 saturated carbocycles. The van der Waals surface area contributed by atoms with Gasteiger partial charge in [-0.1, -0.05) is 34.6 Å². The first-order valence-corrected chi connectivity index (χ1v) is 6.25. The lowest BCUT2D eigenvalue weighted by molar-refractivity contribution is 0.353. The van der Waals surface area contributed by atoms with Gasteiger partial charge in [-0.25, -0.2) is 0 Å². The van der Waals surface area contributed by atoms with E-state index in [2.05, 4.69) is 39.9 Å². The maximum Gasteiger partial charge on any atom is 0.00989 e. The van der Waals surface area contributed by atoms with E-state index in [-0.39, 0.29) is 0 Å². The zero-order chi connectivity index (χ0) is 10.7. The van der Waals surface area contributed by atoms with Crippen molar-refractivity contribution in [1.29, 1.82) is 0 Å². The molecule has 0 aromatic rings. The second-order valence-electron chi connectivity index (χ2n) is 5.94. The molecule has 1 heteroatoms. The third kappa shape index (κ3) is 4.45. The van der Waals surface area contributed by atoms with Gasteiger partial charge >= 0.3 is 0 Å². The van der Waals surface area contributed by atoms with Crippen LogP contribution >= 0.6 is 0 Å². The highest BCUT2D eigenvalue weighted by Crippen LogP contribution is 2.30. The van der Waals surface area contributed by atoms with Crippen molar-refractivity contribution in [2.75, 3.05) is 0 Å². The molecule has 2 atom stereocenters. The van der Waals surface area contributed by atoms with Crippen molar-refractivity contribution < 1.29 is 0 Å². The van der Waals surface area contributed by atoms with Gasteiger partial charge in [-0.2, -0.15) is 0 Å². The second kappa shape index (κ2) is 5.16. The Morgan fingerprint density at radius 2 is 1.50 bits per heavy atom. The molecule has 14 heavy (non-hydrogen) atoms. The maximum atomic E-state index is 3.80. The van der Waals surface area contributed by atoms with Gasteiger partial charge in [0.05, 0.1) is 0 Å². The summed E-state index contributed by atoms with van der Waals surface area (Å²) >= 11 is 0. The average molecular weight is 197 g/mol. The molecule has 1 aliphatic carbocycles. The summed E-state index contributed by atoms with van der Waals surface area (Å²) in [4.78, 5) is 0. The first-order valence-electron chi connectivity index (χ1n) is 6.25. The van der Waals surface area contributed by atoms with Crippen molar-refractivity contribution in [2.24, 2.45) is 17.8 Å². The Hall–Kier alpha value is -0.0400. The quantitative estimate of drug-likeness (QED) is 0.688. The van der Waals surface area contributed by atoms with Crippen LogP contribution in [0.3, 0.4) is 0 Å². The lowest BCUT2D eigenvalue weighted by Gasteiger charge is -2.22. The van der Waals surface area contributed by atoms with Gasteiger partial charge in [0, 0.05) is 12.1 Å². The average Bonchev–Trinajstić information content (AvgIpc) is 2.62.